The Morgan fingerprint density at radius 1 is 1.00 bits per heavy atom. The fourth-order valence-corrected chi connectivity index (χ4v) is 2.24. The fraction of sp³-hybridized carbons (Fsp3) is 0.0667. The predicted octanol–water partition coefficient (Wildman–Crippen LogP) is 4.29. The fourth-order valence-electron chi connectivity index (χ4n) is 2.07. The van der Waals surface area contributed by atoms with Gasteiger partial charge in [-0.15, -0.1) is 0 Å². The molecule has 0 saturated carbocycles. The van der Waals surface area contributed by atoms with Gasteiger partial charge in [0.15, 0.2) is 0 Å². The van der Waals surface area contributed by atoms with Crippen LogP contribution in [-0.4, -0.2) is 11.7 Å². The van der Waals surface area contributed by atoms with Crippen LogP contribution in [-0.2, 0) is 0 Å². The average molecular weight is 258 g/mol. The van der Waals surface area contributed by atoms with Crippen LogP contribution in [0.15, 0.2) is 54.7 Å². The van der Waals surface area contributed by atoms with E-state index in [1.807, 2.05) is 48.7 Å². The third-order valence-electron chi connectivity index (χ3n) is 3.01. The summed E-state index contributed by atoms with van der Waals surface area (Å²) in [6, 6.07) is 15.9. The molecule has 2 nitrogen and oxygen atoms in total. The highest BCUT2D eigenvalue weighted by atomic mass is 35.5. The number of halogens is 1. The Hall–Kier alpha value is -1.93. The van der Waals surface area contributed by atoms with Gasteiger partial charge in [0.2, 0.25) is 0 Å². The van der Waals surface area contributed by atoms with Crippen LogP contribution >= 0.6 is 11.6 Å². The molecular weight excluding hydrogens is 246 g/mol. The molecule has 0 radical (unpaired) electrons. The monoisotopic (exact) mass is 257 g/mol. The van der Waals surface area contributed by atoms with E-state index in [9.17, 15) is 0 Å². The number of fused-ring (bicyclic) bond motifs is 1. The summed E-state index contributed by atoms with van der Waals surface area (Å²) in [6.45, 7) is 0. The zero-order chi connectivity index (χ0) is 12.5. The van der Waals surface area contributed by atoms with Crippen LogP contribution in [0.1, 0.15) is 0 Å². The summed E-state index contributed by atoms with van der Waals surface area (Å²) in [6.07, 6.45) is 2.04. The van der Waals surface area contributed by atoms with E-state index in [1.165, 1.54) is 5.39 Å². The van der Waals surface area contributed by atoms with Crippen molar-refractivity contribution in [2.75, 3.05) is 7.11 Å². The Labute approximate surface area is 110 Å². The smallest absolute Gasteiger partial charge is 0.119 e. The first-order valence-corrected chi connectivity index (χ1v) is 6.07. The van der Waals surface area contributed by atoms with Gasteiger partial charge in [0, 0.05) is 22.3 Å². The third-order valence-corrected chi connectivity index (χ3v) is 3.24. The molecule has 0 saturated heterocycles. The number of hydrogen-bond donors (Lipinski definition) is 0. The molecule has 1 aromatic heterocycles. The molecule has 0 aliphatic carbocycles. The first-order valence-electron chi connectivity index (χ1n) is 5.69. The second-order valence-corrected chi connectivity index (χ2v) is 4.52. The van der Waals surface area contributed by atoms with Gasteiger partial charge in [-0.2, -0.15) is 0 Å². The summed E-state index contributed by atoms with van der Waals surface area (Å²) >= 11 is 6.05. The highest BCUT2D eigenvalue weighted by molar-refractivity contribution is 6.31. The van der Waals surface area contributed by atoms with E-state index < -0.39 is 0 Å². The van der Waals surface area contributed by atoms with Gasteiger partial charge >= 0.3 is 0 Å². The van der Waals surface area contributed by atoms with Crippen molar-refractivity contribution in [3.63, 3.8) is 0 Å². The summed E-state index contributed by atoms with van der Waals surface area (Å²) in [7, 11) is 1.67. The van der Waals surface area contributed by atoms with E-state index in [2.05, 4.69) is 10.6 Å². The number of ether oxygens (including phenoxy) is 1. The molecule has 3 rings (SSSR count). The van der Waals surface area contributed by atoms with Crippen LogP contribution in [0.3, 0.4) is 0 Å². The highest BCUT2D eigenvalue weighted by Crippen LogP contribution is 2.24. The number of aromatic nitrogens is 1. The van der Waals surface area contributed by atoms with Gasteiger partial charge in [-0.25, -0.2) is 0 Å². The van der Waals surface area contributed by atoms with Crippen molar-refractivity contribution < 1.29 is 4.74 Å². The molecule has 0 unspecified atom stereocenters. The quantitative estimate of drug-likeness (QED) is 0.668. The number of rotatable bonds is 2. The van der Waals surface area contributed by atoms with E-state index in [-0.39, 0.29) is 0 Å². The van der Waals surface area contributed by atoms with E-state index in [1.54, 1.807) is 7.11 Å². The zero-order valence-electron chi connectivity index (χ0n) is 9.93. The number of benzene rings is 2. The van der Waals surface area contributed by atoms with Gasteiger partial charge in [0.05, 0.1) is 12.6 Å². The number of nitrogens with zero attached hydrogens (tertiary/aromatic N) is 1. The molecule has 3 aromatic rings. The summed E-state index contributed by atoms with van der Waals surface area (Å²) in [4.78, 5) is 0. The zero-order valence-corrected chi connectivity index (χ0v) is 10.7. The maximum atomic E-state index is 6.05. The van der Waals surface area contributed by atoms with Crippen molar-refractivity contribution in [3.05, 3.63) is 59.8 Å². The molecule has 90 valence electrons. The number of hydrogen-bond acceptors (Lipinski definition) is 1. The molecule has 0 aliphatic rings. The normalized spacial score (nSPS) is 10.8. The van der Waals surface area contributed by atoms with Crippen LogP contribution < -0.4 is 4.74 Å². The molecule has 0 spiro atoms. The first kappa shape index (κ1) is 11.2. The van der Waals surface area contributed by atoms with Crippen molar-refractivity contribution >= 4 is 22.5 Å². The van der Waals surface area contributed by atoms with Crippen LogP contribution in [0.25, 0.3) is 16.6 Å². The lowest BCUT2D eigenvalue weighted by Gasteiger charge is -2.07. The molecule has 0 atom stereocenters. The van der Waals surface area contributed by atoms with Crippen LogP contribution in [0.4, 0.5) is 0 Å². The molecular formula is C15H12ClNO. The highest BCUT2D eigenvalue weighted by Gasteiger charge is 2.03. The summed E-state index contributed by atoms with van der Waals surface area (Å²) in [5.74, 6) is 0.855. The Kier molecular flexibility index (Phi) is 2.73. The van der Waals surface area contributed by atoms with Crippen molar-refractivity contribution in [2.45, 2.75) is 0 Å². The molecule has 0 aliphatic heterocycles. The Balaban J connectivity index is 2.15. The molecule has 2 aromatic carbocycles. The van der Waals surface area contributed by atoms with Crippen molar-refractivity contribution in [3.8, 4) is 11.4 Å². The van der Waals surface area contributed by atoms with Crippen molar-refractivity contribution in [1.82, 2.24) is 4.57 Å². The summed E-state index contributed by atoms with van der Waals surface area (Å²) in [5.41, 5.74) is 2.20. The van der Waals surface area contributed by atoms with Gasteiger partial charge in [-0.1, -0.05) is 17.7 Å². The first-order chi connectivity index (χ1) is 8.78. The number of methoxy groups -OCH3 is 1. The predicted molar refractivity (Wildman–Crippen MR) is 74.8 cm³/mol. The van der Waals surface area contributed by atoms with Crippen LogP contribution in [0, 0.1) is 0 Å². The minimum Gasteiger partial charge on any atom is -0.497 e. The Morgan fingerprint density at radius 2 is 1.78 bits per heavy atom. The molecule has 0 bridgehead atoms. The average Bonchev–Trinajstić information content (AvgIpc) is 2.82. The summed E-state index contributed by atoms with van der Waals surface area (Å²) in [5, 5.41) is 1.92. The van der Waals surface area contributed by atoms with Crippen molar-refractivity contribution in [1.29, 1.82) is 0 Å². The molecule has 18 heavy (non-hydrogen) atoms. The lowest BCUT2D eigenvalue weighted by atomic mass is 10.2. The van der Waals surface area contributed by atoms with E-state index in [0.29, 0.717) is 0 Å². The largest absolute Gasteiger partial charge is 0.497 e. The molecule has 3 heteroatoms. The van der Waals surface area contributed by atoms with Crippen LogP contribution in [0.5, 0.6) is 5.75 Å². The minimum atomic E-state index is 0.746. The standard InChI is InChI=1S/C15H12ClNO/c1-18-14-6-4-13(5-7-14)17-9-8-11-2-3-12(16)10-15(11)17/h2-10H,1H3. The van der Waals surface area contributed by atoms with Gasteiger partial charge in [0.1, 0.15) is 5.75 Å². The lowest BCUT2D eigenvalue weighted by molar-refractivity contribution is 0.415. The third kappa shape index (κ3) is 1.85. The molecule has 0 fully saturated rings. The maximum Gasteiger partial charge on any atom is 0.119 e. The summed E-state index contributed by atoms with van der Waals surface area (Å²) < 4.78 is 7.27. The van der Waals surface area contributed by atoms with Crippen molar-refractivity contribution in [2.24, 2.45) is 0 Å². The van der Waals surface area contributed by atoms with E-state index >= 15 is 0 Å². The van der Waals surface area contributed by atoms with Gasteiger partial charge in [-0.3, -0.25) is 0 Å². The van der Waals surface area contributed by atoms with Gasteiger partial charge in [-0.05, 0) is 42.5 Å². The van der Waals surface area contributed by atoms with E-state index in [0.717, 1.165) is 22.0 Å². The SMILES string of the molecule is COc1ccc(-n2ccc3ccc(Cl)cc32)cc1. The molecule has 0 N–H and O–H groups in total. The maximum absolute atomic E-state index is 6.05. The topological polar surface area (TPSA) is 14.2 Å². The Morgan fingerprint density at radius 3 is 2.50 bits per heavy atom. The van der Waals surface area contributed by atoms with E-state index in [4.69, 9.17) is 16.3 Å². The lowest BCUT2D eigenvalue weighted by Crippen LogP contribution is -1.91. The second kappa shape index (κ2) is 4.39. The second-order valence-electron chi connectivity index (χ2n) is 4.09. The molecule has 1 heterocycles. The van der Waals surface area contributed by atoms with Gasteiger partial charge in [0.25, 0.3) is 0 Å². The molecule has 0 amide bonds. The minimum absolute atomic E-state index is 0.746. The van der Waals surface area contributed by atoms with Gasteiger partial charge < -0.3 is 9.30 Å². The van der Waals surface area contributed by atoms with Crippen LogP contribution in [0.2, 0.25) is 5.02 Å². The Bertz CT molecular complexity index is 685.